The van der Waals surface area contributed by atoms with Crippen molar-refractivity contribution in [2.75, 3.05) is 0 Å². The first kappa shape index (κ1) is 20.9. The van der Waals surface area contributed by atoms with E-state index in [0.29, 0.717) is 0 Å². The molecule has 27 heavy (non-hydrogen) atoms. The van der Waals surface area contributed by atoms with Crippen LogP contribution < -0.4 is 0 Å². The molecule has 2 aliphatic heterocycles. The van der Waals surface area contributed by atoms with Gasteiger partial charge in [-0.15, -0.1) is 0 Å². The number of hydrogen-bond acceptors (Lipinski definition) is 4. The van der Waals surface area contributed by atoms with E-state index in [1.165, 1.54) is 11.1 Å². The van der Waals surface area contributed by atoms with Crippen molar-refractivity contribution in [1.29, 1.82) is 0 Å². The highest BCUT2D eigenvalue weighted by Crippen LogP contribution is 2.46. The van der Waals surface area contributed by atoms with Crippen molar-refractivity contribution in [3.8, 4) is 0 Å². The van der Waals surface area contributed by atoms with Crippen molar-refractivity contribution in [1.82, 2.24) is 0 Å². The van der Waals surface area contributed by atoms with Crippen LogP contribution in [0.4, 0.5) is 0 Å². The highest BCUT2D eigenvalue weighted by Gasteiger charge is 2.61. The number of rotatable bonds is 4. The SMILES string of the molecule is Cc1ccccc1CC(B1OC(C)(C)C(C)(C)O1)B1OC(C)(C)C(C)(C)O1. The van der Waals surface area contributed by atoms with E-state index >= 15 is 0 Å². The molecule has 0 unspecified atom stereocenters. The molecule has 0 spiro atoms. The van der Waals surface area contributed by atoms with E-state index < -0.39 is 0 Å². The van der Waals surface area contributed by atoms with Gasteiger partial charge in [-0.25, -0.2) is 0 Å². The summed E-state index contributed by atoms with van der Waals surface area (Å²) in [6.45, 7) is 18.8. The lowest BCUT2D eigenvalue weighted by molar-refractivity contribution is 0.00578. The molecular weight excluding hydrogens is 338 g/mol. The van der Waals surface area contributed by atoms with Crippen LogP contribution in [0.5, 0.6) is 0 Å². The number of hydrogen-bond donors (Lipinski definition) is 0. The normalized spacial score (nSPS) is 25.4. The molecular formula is C21H34B2O4. The topological polar surface area (TPSA) is 36.9 Å². The zero-order valence-corrected chi connectivity index (χ0v) is 18.4. The molecule has 3 rings (SSSR count). The van der Waals surface area contributed by atoms with Crippen molar-refractivity contribution in [2.45, 2.75) is 96.9 Å². The van der Waals surface area contributed by atoms with Crippen molar-refractivity contribution < 1.29 is 18.6 Å². The van der Waals surface area contributed by atoms with Gasteiger partial charge in [-0.1, -0.05) is 24.3 Å². The molecule has 0 amide bonds. The van der Waals surface area contributed by atoms with Crippen LogP contribution in [0.1, 0.15) is 66.5 Å². The molecule has 0 radical (unpaired) electrons. The Balaban J connectivity index is 1.92. The van der Waals surface area contributed by atoms with Gasteiger partial charge in [0, 0.05) is 5.72 Å². The lowest BCUT2D eigenvalue weighted by atomic mass is 9.49. The monoisotopic (exact) mass is 372 g/mol. The maximum atomic E-state index is 6.40. The summed E-state index contributed by atoms with van der Waals surface area (Å²) in [6.07, 6.45) is 0.778. The average Bonchev–Trinajstić information content (AvgIpc) is 2.85. The van der Waals surface area contributed by atoms with E-state index in [4.69, 9.17) is 18.6 Å². The molecule has 2 saturated heterocycles. The van der Waals surface area contributed by atoms with Crippen LogP contribution in [-0.2, 0) is 25.0 Å². The Morgan fingerprint density at radius 2 is 1.07 bits per heavy atom. The average molecular weight is 372 g/mol. The fourth-order valence-electron chi connectivity index (χ4n) is 3.54. The summed E-state index contributed by atoms with van der Waals surface area (Å²) in [5.41, 5.74) is 0.934. The standard InChI is InChI=1S/C21H34B2O4/c1-15-12-10-11-13-16(15)14-17(22-24-18(2,3)19(4,5)25-22)23-26-20(6,7)21(8,9)27-23/h10-13,17H,14H2,1-9H3. The Labute approximate surface area is 165 Å². The molecule has 0 bridgehead atoms. The third-order valence-electron chi connectivity index (χ3n) is 6.96. The summed E-state index contributed by atoms with van der Waals surface area (Å²) < 4.78 is 25.6. The summed E-state index contributed by atoms with van der Waals surface area (Å²) in [7, 11) is -0.770. The third kappa shape index (κ3) is 3.74. The van der Waals surface area contributed by atoms with Gasteiger partial charge in [0.2, 0.25) is 0 Å². The van der Waals surface area contributed by atoms with Gasteiger partial charge in [0.15, 0.2) is 0 Å². The third-order valence-corrected chi connectivity index (χ3v) is 6.96. The van der Waals surface area contributed by atoms with Gasteiger partial charge in [-0.2, -0.15) is 0 Å². The van der Waals surface area contributed by atoms with Gasteiger partial charge < -0.3 is 18.6 Å². The highest BCUT2D eigenvalue weighted by atomic mass is 16.7. The van der Waals surface area contributed by atoms with Crippen molar-refractivity contribution in [2.24, 2.45) is 0 Å². The summed E-state index contributed by atoms with van der Waals surface area (Å²) in [5.74, 6) is 0. The maximum absolute atomic E-state index is 6.40. The van der Waals surface area contributed by atoms with Gasteiger partial charge >= 0.3 is 14.2 Å². The number of benzene rings is 1. The van der Waals surface area contributed by atoms with Crippen LogP contribution in [0, 0.1) is 6.92 Å². The molecule has 0 aromatic heterocycles. The van der Waals surface area contributed by atoms with E-state index in [2.05, 4.69) is 86.6 Å². The van der Waals surface area contributed by atoms with Crippen LogP contribution in [0.2, 0.25) is 5.72 Å². The predicted molar refractivity (Wildman–Crippen MR) is 111 cm³/mol. The minimum absolute atomic E-state index is 0.0619. The number of aryl methyl sites for hydroxylation is 1. The van der Waals surface area contributed by atoms with Crippen molar-refractivity contribution >= 4 is 14.2 Å². The molecule has 1 aromatic rings. The molecule has 0 saturated carbocycles. The van der Waals surface area contributed by atoms with E-state index in [9.17, 15) is 0 Å². The molecule has 0 aliphatic carbocycles. The van der Waals surface area contributed by atoms with Crippen LogP contribution in [-0.4, -0.2) is 36.6 Å². The summed E-state index contributed by atoms with van der Waals surface area (Å²) in [5, 5.41) is 0. The van der Waals surface area contributed by atoms with Crippen LogP contribution in [0.15, 0.2) is 24.3 Å². The predicted octanol–water partition coefficient (Wildman–Crippen LogP) is 4.63. The second-order valence-electron chi connectivity index (χ2n) is 10.0. The fraction of sp³-hybridized carbons (Fsp3) is 0.714. The summed E-state index contributed by atoms with van der Waals surface area (Å²) in [4.78, 5) is 0. The summed E-state index contributed by atoms with van der Waals surface area (Å²) in [6, 6.07) is 8.45. The van der Waals surface area contributed by atoms with Gasteiger partial charge in [0.25, 0.3) is 0 Å². The first-order valence-corrected chi connectivity index (χ1v) is 10.0. The van der Waals surface area contributed by atoms with E-state index in [0.717, 1.165) is 6.42 Å². The molecule has 4 nitrogen and oxygen atoms in total. The Morgan fingerprint density at radius 1 is 0.704 bits per heavy atom. The lowest BCUT2D eigenvalue weighted by Gasteiger charge is -2.32. The van der Waals surface area contributed by atoms with Gasteiger partial charge in [-0.05, 0) is 79.9 Å². The van der Waals surface area contributed by atoms with Crippen LogP contribution in [0.3, 0.4) is 0 Å². The van der Waals surface area contributed by atoms with Gasteiger partial charge in [-0.3, -0.25) is 0 Å². The first-order chi connectivity index (χ1) is 12.3. The molecule has 0 atom stereocenters. The fourth-order valence-corrected chi connectivity index (χ4v) is 3.54. The smallest absolute Gasteiger partial charge is 0.403 e. The molecule has 2 fully saturated rings. The van der Waals surface area contributed by atoms with Crippen molar-refractivity contribution in [3.05, 3.63) is 35.4 Å². The molecule has 2 aliphatic rings. The van der Waals surface area contributed by atoms with Crippen LogP contribution >= 0.6 is 0 Å². The largest absolute Gasteiger partial charge is 0.459 e. The van der Waals surface area contributed by atoms with E-state index in [1.807, 2.05) is 0 Å². The Bertz CT molecular complexity index is 631. The van der Waals surface area contributed by atoms with Gasteiger partial charge in [0.05, 0.1) is 22.4 Å². The Kier molecular flexibility index (Phi) is 5.13. The molecule has 6 heteroatoms. The second-order valence-corrected chi connectivity index (χ2v) is 10.0. The van der Waals surface area contributed by atoms with Crippen LogP contribution in [0.25, 0.3) is 0 Å². The zero-order valence-electron chi connectivity index (χ0n) is 18.4. The Morgan fingerprint density at radius 3 is 1.44 bits per heavy atom. The minimum Gasteiger partial charge on any atom is -0.403 e. The van der Waals surface area contributed by atoms with Crippen molar-refractivity contribution in [3.63, 3.8) is 0 Å². The lowest BCUT2D eigenvalue weighted by Crippen LogP contribution is -2.41. The molecule has 0 N–H and O–H groups in total. The van der Waals surface area contributed by atoms with E-state index in [-0.39, 0.29) is 42.4 Å². The molecule has 2 heterocycles. The maximum Gasteiger partial charge on any atom is 0.459 e. The first-order valence-electron chi connectivity index (χ1n) is 10.0. The summed E-state index contributed by atoms with van der Waals surface area (Å²) >= 11 is 0. The zero-order chi connectivity index (χ0) is 20.3. The second kappa shape index (κ2) is 6.62. The molecule has 148 valence electrons. The quantitative estimate of drug-likeness (QED) is 0.723. The minimum atomic E-state index is -0.385. The molecule has 1 aromatic carbocycles. The highest BCUT2D eigenvalue weighted by molar-refractivity contribution is 6.68. The van der Waals surface area contributed by atoms with E-state index in [1.54, 1.807) is 0 Å². The van der Waals surface area contributed by atoms with Gasteiger partial charge in [0.1, 0.15) is 0 Å². The Hall–Kier alpha value is -0.810.